The number of unbranched alkanes of at least 4 members (excludes halogenated alkanes) is 42. The molecule has 0 saturated heterocycles. The number of amides is 1. The Bertz CT molecular complexity index is 1150. The van der Waals surface area contributed by atoms with E-state index in [0.717, 1.165) is 83.5 Å². The number of carbonyl (C=O) groups excluding carboxylic acids is 2. The molecule has 0 fully saturated rings. The van der Waals surface area contributed by atoms with Crippen LogP contribution >= 0.6 is 0 Å². The van der Waals surface area contributed by atoms with E-state index in [-0.39, 0.29) is 18.5 Å². The number of carbonyl (C=O) groups is 2. The Balaban J connectivity index is 3.49. The number of hydrogen-bond donors (Lipinski definition) is 3. The zero-order valence-corrected chi connectivity index (χ0v) is 47.7. The van der Waals surface area contributed by atoms with Gasteiger partial charge < -0.3 is 20.3 Å². The summed E-state index contributed by atoms with van der Waals surface area (Å²) < 4.78 is 5.46. The fraction of sp³-hybridized carbons (Fsp3) is 0.877. The maximum absolute atomic E-state index is 12.5. The van der Waals surface area contributed by atoms with Crippen LogP contribution in [0.5, 0.6) is 0 Å². The maximum Gasteiger partial charge on any atom is 0.305 e. The Hall–Kier alpha value is -1.92. The molecule has 0 aliphatic rings. The van der Waals surface area contributed by atoms with Crippen LogP contribution in [0.4, 0.5) is 0 Å². The van der Waals surface area contributed by atoms with E-state index >= 15 is 0 Å². The van der Waals surface area contributed by atoms with Gasteiger partial charge in [0.15, 0.2) is 0 Å². The minimum Gasteiger partial charge on any atom is -0.466 e. The lowest BCUT2D eigenvalue weighted by Gasteiger charge is -2.22. The first-order chi connectivity index (χ1) is 35.0. The predicted octanol–water partition coefficient (Wildman–Crippen LogP) is 20.0. The average molecular weight is 999 g/mol. The van der Waals surface area contributed by atoms with Gasteiger partial charge in [0.1, 0.15) is 0 Å². The average Bonchev–Trinajstić information content (AvgIpc) is 3.37. The summed E-state index contributed by atoms with van der Waals surface area (Å²) >= 11 is 0. The van der Waals surface area contributed by atoms with Gasteiger partial charge in [-0.3, -0.25) is 9.59 Å². The van der Waals surface area contributed by atoms with E-state index < -0.39 is 12.1 Å². The lowest BCUT2D eigenvalue weighted by atomic mass is 10.0. The van der Waals surface area contributed by atoms with Crippen molar-refractivity contribution in [1.29, 1.82) is 0 Å². The molecule has 0 heterocycles. The summed E-state index contributed by atoms with van der Waals surface area (Å²) in [6, 6.07) is -0.555. The van der Waals surface area contributed by atoms with Gasteiger partial charge in [-0.05, 0) is 89.9 Å². The lowest BCUT2D eigenvalue weighted by Crippen LogP contribution is -2.45. The zero-order valence-electron chi connectivity index (χ0n) is 47.7. The van der Waals surface area contributed by atoms with Gasteiger partial charge >= 0.3 is 5.97 Å². The van der Waals surface area contributed by atoms with Crippen molar-refractivity contribution in [3.05, 3.63) is 36.5 Å². The third-order valence-electron chi connectivity index (χ3n) is 14.7. The second kappa shape index (κ2) is 60.6. The predicted molar refractivity (Wildman–Crippen MR) is 310 cm³/mol. The van der Waals surface area contributed by atoms with E-state index in [1.807, 2.05) is 0 Å². The van der Waals surface area contributed by atoms with Crippen LogP contribution in [0, 0.1) is 0 Å². The first kappa shape index (κ1) is 69.1. The first-order valence-corrected chi connectivity index (χ1v) is 31.7. The van der Waals surface area contributed by atoms with Gasteiger partial charge in [-0.25, -0.2) is 0 Å². The van der Waals surface area contributed by atoms with Crippen LogP contribution < -0.4 is 5.32 Å². The minimum absolute atomic E-state index is 0.0223. The number of aliphatic hydroxyl groups is 2. The number of rotatable bonds is 59. The van der Waals surface area contributed by atoms with Crippen molar-refractivity contribution < 1.29 is 24.5 Å². The van der Waals surface area contributed by atoms with Crippen LogP contribution in [-0.2, 0) is 14.3 Å². The fourth-order valence-corrected chi connectivity index (χ4v) is 9.78. The van der Waals surface area contributed by atoms with Gasteiger partial charge in [0, 0.05) is 12.8 Å². The molecule has 0 aliphatic carbocycles. The summed E-state index contributed by atoms with van der Waals surface area (Å²) in [5.74, 6) is -0.0709. The number of ether oxygens (including phenoxy) is 1. The van der Waals surface area contributed by atoms with Gasteiger partial charge in [0.25, 0.3) is 0 Å². The molecule has 3 N–H and O–H groups in total. The van der Waals surface area contributed by atoms with Crippen LogP contribution in [0.2, 0.25) is 0 Å². The number of aliphatic hydroxyl groups excluding tert-OH is 2. The molecule has 0 aromatic rings. The number of esters is 1. The van der Waals surface area contributed by atoms with Gasteiger partial charge in [-0.1, -0.05) is 275 Å². The monoisotopic (exact) mass is 998 g/mol. The summed E-state index contributed by atoms with van der Waals surface area (Å²) in [4.78, 5) is 24.6. The molecule has 0 radical (unpaired) electrons. The molecule has 0 aromatic heterocycles. The molecule has 71 heavy (non-hydrogen) atoms. The molecule has 0 aromatic carbocycles. The van der Waals surface area contributed by atoms with Crippen LogP contribution in [0.15, 0.2) is 36.5 Å². The second-order valence-electron chi connectivity index (χ2n) is 21.7. The van der Waals surface area contributed by atoms with Gasteiger partial charge in [-0.15, -0.1) is 0 Å². The standard InChI is InChI=1S/C65H123NO5/c1-3-5-7-9-11-13-15-17-19-21-22-23-24-26-29-33-37-41-45-49-53-57-63(68)62(61-67)66-64(69)58-54-50-46-42-38-34-30-27-25-28-32-36-40-44-48-52-56-60-71-65(70)59-55-51-47-43-39-35-31-20-18-16-14-12-10-8-6-4-2/h20,25,28,31,36,40,62-63,67-68H,3-19,21-24,26-27,29-30,32-35,37-39,41-61H2,1-2H3,(H,66,69)/b28-25-,31-20-,40-36-. The highest BCUT2D eigenvalue weighted by Crippen LogP contribution is 2.17. The molecule has 418 valence electrons. The van der Waals surface area contributed by atoms with E-state index in [4.69, 9.17) is 4.74 Å². The molecule has 0 saturated carbocycles. The molecular weight excluding hydrogens is 875 g/mol. The molecule has 6 nitrogen and oxygen atoms in total. The molecule has 2 unspecified atom stereocenters. The van der Waals surface area contributed by atoms with Gasteiger partial charge in [0.05, 0.1) is 25.4 Å². The fourth-order valence-electron chi connectivity index (χ4n) is 9.78. The second-order valence-corrected chi connectivity index (χ2v) is 21.7. The highest BCUT2D eigenvalue weighted by molar-refractivity contribution is 5.76. The smallest absolute Gasteiger partial charge is 0.305 e. The normalized spacial score (nSPS) is 12.8. The Morgan fingerprint density at radius 1 is 0.394 bits per heavy atom. The highest BCUT2D eigenvalue weighted by atomic mass is 16.5. The molecular formula is C65H123NO5. The third-order valence-corrected chi connectivity index (χ3v) is 14.7. The quantitative estimate of drug-likeness (QED) is 0.0321. The van der Waals surface area contributed by atoms with Crippen LogP contribution in [0.1, 0.15) is 341 Å². The van der Waals surface area contributed by atoms with Crippen LogP contribution in [-0.4, -0.2) is 47.4 Å². The van der Waals surface area contributed by atoms with Crippen molar-refractivity contribution in [1.82, 2.24) is 5.32 Å². The number of allylic oxidation sites excluding steroid dienone is 6. The highest BCUT2D eigenvalue weighted by Gasteiger charge is 2.20. The van der Waals surface area contributed by atoms with E-state index in [1.165, 1.54) is 225 Å². The SMILES string of the molecule is CCCCCCCCC/C=C\CCCCCCCC(=O)OCCCCC/C=C\C/C=C\CCCCCCCCCC(=O)NC(CO)C(O)CCCCCCCCCCCCCCCCCCCCCCC. The Labute approximate surface area is 443 Å². The van der Waals surface area contributed by atoms with Crippen molar-refractivity contribution in [3.63, 3.8) is 0 Å². The molecule has 0 spiro atoms. The van der Waals surface area contributed by atoms with Crippen molar-refractivity contribution in [3.8, 4) is 0 Å². The molecule has 0 aliphatic heterocycles. The summed E-state index contributed by atoms with van der Waals surface area (Å²) in [7, 11) is 0. The summed E-state index contributed by atoms with van der Waals surface area (Å²) in [6.45, 7) is 4.92. The van der Waals surface area contributed by atoms with Crippen LogP contribution in [0.3, 0.4) is 0 Å². The summed E-state index contributed by atoms with van der Waals surface area (Å²) in [5.41, 5.74) is 0. The Kier molecular flexibility index (Phi) is 59.0. The van der Waals surface area contributed by atoms with Crippen molar-refractivity contribution in [2.24, 2.45) is 0 Å². The Morgan fingerprint density at radius 3 is 1.08 bits per heavy atom. The van der Waals surface area contributed by atoms with Crippen LogP contribution in [0.25, 0.3) is 0 Å². The van der Waals surface area contributed by atoms with E-state index in [0.29, 0.717) is 25.9 Å². The van der Waals surface area contributed by atoms with E-state index in [9.17, 15) is 19.8 Å². The molecule has 0 rings (SSSR count). The lowest BCUT2D eigenvalue weighted by molar-refractivity contribution is -0.143. The van der Waals surface area contributed by atoms with E-state index in [1.54, 1.807) is 0 Å². The Morgan fingerprint density at radius 2 is 0.704 bits per heavy atom. The topological polar surface area (TPSA) is 95.9 Å². The van der Waals surface area contributed by atoms with Crippen molar-refractivity contribution in [2.75, 3.05) is 13.2 Å². The molecule has 1 amide bonds. The molecule has 2 atom stereocenters. The number of hydrogen-bond acceptors (Lipinski definition) is 5. The first-order valence-electron chi connectivity index (χ1n) is 31.7. The zero-order chi connectivity index (χ0) is 51.4. The maximum atomic E-state index is 12.5. The molecule has 0 bridgehead atoms. The largest absolute Gasteiger partial charge is 0.466 e. The van der Waals surface area contributed by atoms with Gasteiger partial charge in [0.2, 0.25) is 5.91 Å². The summed E-state index contributed by atoms with van der Waals surface area (Å²) in [6.07, 6.45) is 75.8. The number of nitrogens with one attached hydrogen (secondary N) is 1. The van der Waals surface area contributed by atoms with Gasteiger partial charge in [-0.2, -0.15) is 0 Å². The van der Waals surface area contributed by atoms with Crippen molar-refractivity contribution >= 4 is 11.9 Å². The van der Waals surface area contributed by atoms with E-state index in [2.05, 4.69) is 55.6 Å². The minimum atomic E-state index is -0.677. The third kappa shape index (κ3) is 57.2. The summed E-state index contributed by atoms with van der Waals surface area (Å²) in [5, 5.41) is 23.4. The molecule has 6 heteroatoms. The van der Waals surface area contributed by atoms with Crippen molar-refractivity contribution in [2.45, 2.75) is 353 Å².